The molecule has 1 aliphatic heterocycles. The van der Waals surface area contributed by atoms with Crippen LogP contribution in [0.3, 0.4) is 0 Å². The van der Waals surface area contributed by atoms with Gasteiger partial charge in [-0.3, -0.25) is 4.79 Å². The maximum atomic E-state index is 12.2. The average Bonchev–Trinajstić information content (AvgIpc) is 2.58. The third-order valence-electron chi connectivity index (χ3n) is 4.06. The molecule has 0 aromatic heterocycles. The number of carbonyl (C=O) groups excluding carboxylic acids is 1. The van der Waals surface area contributed by atoms with Crippen LogP contribution >= 0.6 is 0 Å². The summed E-state index contributed by atoms with van der Waals surface area (Å²) in [7, 11) is 0. The number of rotatable bonds is 8. The number of nitrogens with one attached hydrogen (secondary N) is 1. The summed E-state index contributed by atoms with van der Waals surface area (Å²) < 4.78 is 5.88. The first-order valence-electron chi connectivity index (χ1n) is 8.50. The minimum atomic E-state index is 0.252. The van der Waals surface area contributed by atoms with E-state index in [1.54, 1.807) is 0 Å². The van der Waals surface area contributed by atoms with Crippen LogP contribution in [0.5, 0.6) is 5.75 Å². The first kappa shape index (κ1) is 16.8. The Balaban J connectivity index is 1.82. The van der Waals surface area contributed by atoms with Gasteiger partial charge in [0.1, 0.15) is 5.75 Å². The fourth-order valence-electron chi connectivity index (χ4n) is 2.70. The van der Waals surface area contributed by atoms with Crippen molar-refractivity contribution >= 4 is 5.91 Å². The van der Waals surface area contributed by atoms with Gasteiger partial charge in [-0.1, -0.05) is 38.0 Å². The van der Waals surface area contributed by atoms with E-state index in [0.29, 0.717) is 6.42 Å². The highest BCUT2D eigenvalue weighted by Gasteiger charge is 2.16. The Labute approximate surface area is 133 Å². The summed E-state index contributed by atoms with van der Waals surface area (Å²) in [6, 6.07) is 8.09. The van der Waals surface area contributed by atoms with Gasteiger partial charge in [-0.2, -0.15) is 0 Å². The molecule has 4 heteroatoms. The second-order valence-corrected chi connectivity index (χ2v) is 5.79. The molecule has 0 aliphatic carbocycles. The van der Waals surface area contributed by atoms with E-state index in [9.17, 15) is 4.79 Å². The summed E-state index contributed by atoms with van der Waals surface area (Å²) in [4.78, 5) is 14.2. The van der Waals surface area contributed by atoms with Crippen molar-refractivity contribution in [2.75, 3.05) is 32.8 Å². The lowest BCUT2D eigenvalue weighted by Gasteiger charge is -2.27. The number of carbonyl (C=O) groups is 1. The first-order valence-corrected chi connectivity index (χ1v) is 8.50. The van der Waals surface area contributed by atoms with E-state index >= 15 is 0 Å². The molecule has 1 N–H and O–H groups in total. The Morgan fingerprint density at radius 3 is 2.77 bits per heavy atom. The van der Waals surface area contributed by atoms with Crippen LogP contribution in [0.2, 0.25) is 0 Å². The van der Waals surface area contributed by atoms with Crippen molar-refractivity contribution in [1.29, 1.82) is 0 Å². The summed E-state index contributed by atoms with van der Waals surface area (Å²) in [5.74, 6) is 1.19. The Bertz CT molecular complexity index is 456. The topological polar surface area (TPSA) is 41.6 Å². The molecule has 1 aliphatic rings. The van der Waals surface area contributed by atoms with E-state index in [1.165, 1.54) is 12.8 Å². The van der Waals surface area contributed by atoms with Crippen LogP contribution in [0.15, 0.2) is 24.3 Å². The van der Waals surface area contributed by atoms with Gasteiger partial charge in [-0.05, 0) is 24.5 Å². The van der Waals surface area contributed by atoms with Crippen LogP contribution in [-0.2, 0) is 11.2 Å². The predicted molar refractivity (Wildman–Crippen MR) is 89.2 cm³/mol. The maximum absolute atomic E-state index is 12.2. The monoisotopic (exact) mass is 304 g/mol. The second-order valence-electron chi connectivity index (χ2n) is 5.79. The largest absolute Gasteiger partial charge is 0.493 e. The molecule has 122 valence electrons. The van der Waals surface area contributed by atoms with E-state index in [-0.39, 0.29) is 5.91 Å². The smallest absolute Gasteiger partial charge is 0.222 e. The number of amides is 1. The molecule has 2 rings (SSSR count). The van der Waals surface area contributed by atoms with Gasteiger partial charge < -0.3 is 15.0 Å². The van der Waals surface area contributed by atoms with Crippen molar-refractivity contribution in [3.63, 3.8) is 0 Å². The zero-order chi connectivity index (χ0) is 15.6. The van der Waals surface area contributed by atoms with E-state index in [2.05, 4.69) is 18.3 Å². The van der Waals surface area contributed by atoms with Crippen LogP contribution in [0.25, 0.3) is 0 Å². The minimum Gasteiger partial charge on any atom is -0.493 e. The lowest BCUT2D eigenvalue weighted by atomic mass is 10.1. The van der Waals surface area contributed by atoms with Gasteiger partial charge in [0.15, 0.2) is 0 Å². The van der Waals surface area contributed by atoms with Crippen LogP contribution < -0.4 is 10.1 Å². The Hall–Kier alpha value is -1.55. The molecular weight excluding hydrogens is 276 g/mol. The molecule has 4 nitrogen and oxygen atoms in total. The third kappa shape index (κ3) is 5.34. The number of ether oxygens (including phenoxy) is 1. The number of hydrogen-bond acceptors (Lipinski definition) is 3. The molecule has 1 fully saturated rings. The lowest BCUT2D eigenvalue weighted by Crippen LogP contribution is -2.46. The van der Waals surface area contributed by atoms with Gasteiger partial charge in [0.05, 0.1) is 6.61 Å². The number of piperazine rings is 1. The minimum absolute atomic E-state index is 0.252. The van der Waals surface area contributed by atoms with E-state index < -0.39 is 0 Å². The van der Waals surface area contributed by atoms with Gasteiger partial charge >= 0.3 is 0 Å². The summed E-state index contributed by atoms with van der Waals surface area (Å²) in [6.07, 6.45) is 4.81. The molecule has 0 atom stereocenters. The maximum Gasteiger partial charge on any atom is 0.222 e. The third-order valence-corrected chi connectivity index (χ3v) is 4.06. The number of benzene rings is 1. The van der Waals surface area contributed by atoms with E-state index in [4.69, 9.17) is 4.74 Å². The van der Waals surface area contributed by atoms with Crippen molar-refractivity contribution in [2.45, 2.75) is 39.0 Å². The average molecular weight is 304 g/mol. The van der Waals surface area contributed by atoms with Crippen molar-refractivity contribution in [1.82, 2.24) is 10.2 Å². The highest BCUT2D eigenvalue weighted by Crippen LogP contribution is 2.20. The first-order chi connectivity index (χ1) is 10.8. The quantitative estimate of drug-likeness (QED) is 0.751. The number of para-hydroxylation sites is 1. The summed E-state index contributed by atoms with van der Waals surface area (Å²) in [6.45, 7) is 6.42. The molecule has 0 spiro atoms. The molecule has 1 saturated heterocycles. The Kier molecular flexibility index (Phi) is 7.23. The van der Waals surface area contributed by atoms with Crippen LogP contribution in [-0.4, -0.2) is 43.6 Å². The number of aryl methyl sites for hydroxylation is 1. The lowest BCUT2D eigenvalue weighted by molar-refractivity contribution is -0.131. The SMILES string of the molecule is CCCCCOc1ccccc1CCC(=O)N1CCNCC1. The van der Waals surface area contributed by atoms with Gasteiger partial charge in [0.25, 0.3) is 0 Å². The highest BCUT2D eigenvalue weighted by atomic mass is 16.5. The summed E-state index contributed by atoms with van der Waals surface area (Å²) in [5.41, 5.74) is 1.14. The van der Waals surface area contributed by atoms with Crippen LogP contribution in [0.4, 0.5) is 0 Å². The number of unbranched alkanes of at least 4 members (excludes halogenated alkanes) is 2. The molecule has 0 bridgehead atoms. The molecule has 22 heavy (non-hydrogen) atoms. The highest BCUT2D eigenvalue weighted by molar-refractivity contribution is 5.76. The standard InChI is InChI=1S/C18H28N2O2/c1-2-3-6-15-22-17-8-5-4-7-16(17)9-10-18(21)20-13-11-19-12-14-20/h4-5,7-8,19H,2-3,6,9-15H2,1H3. The molecule has 1 heterocycles. The Morgan fingerprint density at radius 2 is 2.00 bits per heavy atom. The van der Waals surface area contributed by atoms with E-state index in [0.717, 1.165) is 56.9 Å². The number of nitrogens with zero attached hydrogens (tertiary/aromatic N) is 1. The van der Waals surface area contributed by atoms with Crippen LogP contribution in [0, 0.1) is 0 Å². The zero-order valence-electron chi connectivity index (χ0n) is 13.6. The second kappa shape index (κ2) is 9.46. The molecule has 0 unspecified atom stereocenters. The van der Waals surface area contributed by atoms with Crippen molar-refractivity contribution in [2.24, 2.45) is 0 Å². The molecule has 1 amide bonds. The number of hydrogen-bond donors (Lipinski definition) is 1. The van der Waals surface area contributed by atoms with Gasteiger partial charge in [0, 0.05) is 32.6 Å². The molecule has 0 radical (unpaired) electrons. The van der Waals surface area contributed by atoms with Crippen molar-refractivity contribution in [3.8, 4) is 5.75 Å². The Morgan fingerprint density at radius 1 is 1.23 bits per heavy atom. The van der Waals surface area contributed by atoms with Gasteiger partial charge in [0.2, 0.25) is 5.91 Å². The molecular formula is C18H28N2O2. The molecule has 0 saturated carbocycles. The normalized spacial score (nSPS) is 14.9. The van der Waals surface area contributed by atoms with Crippen molar-refractivity contribution in [3.05, 3.63) is 29.8 Å². The summed E-state index contributed by atoms with van der Waals surface area (Å²) >= 11 is 0. The zero-order valence-corrected chi connectivity index (χ0v) is 13.6. The van der Waals surface area contributed by atoms with E-state index in [1.807, 2.05) is 23.1 Å². The fourth-order valence-corrected chi connectivity index (χ4v) is 2.70. The molecule has 1 aromatic rings. The van der Waals surface area contributed by atoms with Crippen LogP contribution in [0.1, 0.15) is 38.2 Å². The predicted octanol–water partition coefficient (Wildman–Crippen LogP) is 2.62. The van der Waals surface area contributed by atoms with Gasteiger partial charge in [-0.25, -0.2) is 0 Å². The van der Waals surface area contributed by atoms with Gasteiger partial charge in [-0.15, -0.1) is 0 Å². The van der Waals surface area contributed by atoms with Crippen molar-refractivity contribution < 1.29 is 9.53 Å². The summed E-state index contributed by atoms with van der Waals surface area (Å²) in [5, 5.41) is 3.27. The fraction of sp³-hybridized carbons (Fsp3) is 0.611. The molecule has 1 aromatic carbocycles.